The number of carboxylic acids is 1. The molecule has 0 radical (unpaired) electrons. The second-order valence-electron chi connectivity index (χ2n) is 5.17. The van der Waals surface area contributed by atoms with E-state index in [-0.39, 0.29) is 11.7 Å². The molecule has 0 aliphatic heterocycles. The summed E-state index contributed by atoms with van der Waals surface area (Å²) in [5.74, 6) is -1.20. The molecule has 1 atom stereocenters. The van der Waals surface area contributed by atoms with Crippen LogP contribution in [0.15, 0.2) is 18.2 Å². The Morgan fingerprint density at radius 3 is 2.67 bits per heavy atom. The first-order valence-corrected chi connectivity index (χ1v) is 7.69. The average molecular weight is 331 g/mol. The minimum Gasteiger partial charge on any atom is -0.480 e. The molecule has 1 aromatic rings. The summed E-state index contributed by atoms with van der Waals surface area (Å²) >= 11 is 7.19. The van der Waals surface area contributed by atoms with Gasteiger partial charge in [-0.3, -0.25) is 9.59 Å². The van der Waals surface area contributed by atoms with Crippen LogP contribution in [0.5, 0.6) is 0 Å². The predicted octanol–water partition coefficient (Wildman–Crippen LogP) is 2.51. The zero-order chi connectivity index (χ0) is 16.2. The van der Waals surface area contributed by atoms with Crippen molar-refractivity contribution in [1.82, 2.24) is 0 Å². The molecule has 0 saturated carbocycles. The first-order valence-electron chi connectivity index (χ1n) is 6.32. The van der Waals surface area contributed by atoms with Gasteiger partial charge in [-0.05, 0) is 38.5 Å². The van der Waals surface area contributed by atoms with Gasteiger partial charge in [0, 0.05) is 15.5 Å². The van der Waals surface area contributed by atoms with Crippen molar-refractivity contribution in [2.75, 3.05) is 11.1 Å². The maximum absolute atomic E-state index is 12.0. The Morgan fingerprint density at radius 1 is 1.48 bits per heavy atom. The molecule has 4 N–H and O–H groups in total. The van der Waals surface area contributed by atoms with E-state index < -0.39 is 16.8 Å². The van der Waals surface area contributed by atoms with Crippen LogP contribution in [0.25, 0.3) is 0 Å². The zero-order valence-electron chi connectivity index (χ0n) is 12.1. The van der Waals surface area contributed by atoms with Gasteiger partial charge >= 0.3 is 5.97 Å². The lowest BCUT2D eigenvalue weighted by molar-refractivity contribution is -0.139. The molecule has 5 nitrogen and oxygen atoms in total. The number of benzene rings is 1. The number of amides is 1. The van der Waals surface area contributed by atoms with Crippen LogP contribution < -0.4 is 11.1 Å². The van der Waals surface area contributed by atoms with E-state index in [0.717, 1.165) is 5.56 Å². The van der Waals surface area contributed by atoms with E-state index in [1.807, 2.05) is 6.92 Å². The molecule has 0 saturated heterocycles. The molecule has 0 spiro atoms. The van der Waals surface area contributed by atoms with Gasteiger partial charge in [0.15, 0.2) is 0 Å². The Hall–Kier alpha value is -1.24. The second kappa shape index (κ2) is 7.15. The van der Waals surface area contributed by atoms with Crippen LogP contribution in [0.3, 0.4) is 0 Å². The van der Waals surface area contributed by atoms with Gasteiger partial charge in [0.1, 0.15) is 6.04 Å². The number of nitrogens with one attached hydrogen (secondary N) is 1. The van der Waals surface area contributed by atoms with Crippen LogP contribution >= 0.6 is 23.4 Å². The predicted molar refractivity (Wildman–Crippen MR) is 87.0 cm³/mol. The summed E-state index contributed by atoms with van der Waals surface area (Å²) in [5.41, 5.74) is 7.04. The minimum absolute atomic E-state index is 0.111. The molecular formula is C14H19ClN2O3S. The highest BCUT2D eigenvalue weighted by Crippen LogP contribution is 2.28. The number of carboxylic acid groups (broad SMARTS) is 1. The highest BCUT2D eigenvalue weighted by Gasteiger charge is 2.33. The summed E-state index contributed by atoms with van der Waals surface area (Å²) in [4.78, 5) is 22.9. The lowest BCUT2D eigenvalue weighted by atomic mass is 10.1. The summed E-state index contributed by atoms with van der Waals surface area (Å²) in [6.45, 7) is 5.22. The SMILES string of the molecule is Cc1c(Cl)cccc1NC(=O)CSC(C)(C)[C@@H](N)C(=O)O. The average Bonchev–Trinajstić information content (AvgIpc) is 2.41. The van der Waals surface area contributed by atoms with Gasteiger partial charge < -0.3 is 16.2 Å². The Balaban J connectivity index is 2.63. The maximum Gasteiger partial charge on any atom is 0.321 e. The fourth-order valence-corrected chi connectivity index (χ4v) is 2.60. The van der Waals surface area contributed by atoms with Crippen molar-refractivity contribution in [2.24, 2.45) is 5.73 Å². The van der Waals surface area contributed by atoms with Crippen molar-refractivity contribution < 1.29 is 14.7 Å². The normalized spacial score (nSPS) is 12.8. The first-order chi connectivity index (χ1) is 9.65. The summed E-state index contributed by atoms with van der Waals surface area (Å²) in [6.07, 6.45) is 0. The molecule has 0 unspecified atom stereocenters. The number of nitrogens with two attached hydrogens (primary N) is 1. The smallest absolute Gasteiger partial charge is 0.321 e. The number of anilines is 1. The second-order valence-corrected chi connectivity index (χ2v) is 7.21. The van der Waals surface area contributed by atoms with Gasteiger partial charge in [0.2, 0.25) is 5.91 Å². The summed E-state index contributed by atoms with van der Waals surface area (Å²) < 4.78 is -0.744. The molecule has 0 heterocycles. The van der Waals surface area contributed by atoms with Crippen LogP contribution in [-0.4, -0.2) is 33.5 Å². The largest absolute Gasteiger partial charge is 0.480 e. The van der Waals surface area contributed by atoms with Gasteiger partial charge in [-0.25, -0.2) is 0 Å². The van der Waals surface area contributed by atoms with Crippen LogP contribution in [0.2, 0.25) is 5.02 Å². The molecule has 7 heteroatoms. The number of carbonyl (C=O) groups is 2. The molecule has 1 aromatic carbocycles. The number of carbonyl (C=O) groups excluding carboxylic acids is 1. The van der Waals surface area contributed by atoms with E-state index >= 15 is 0 Å². The Bertz CT molecular complexity index is 549. The van der Waals surface area contributed by atoms with Crippen LogP contribution in [0.1, 0.15) is 19.4 Å². The highest BCUT2D eigenvalue weighted by atomic mass is 35.5. The standard InChI is InChI=1S/C14H19ClN2O3S/c1-8-9(15)5-4-6-10(8)17-11(18)7-21-14(2,3)12(16)13(19)20/h4-6,12H,7,16H2,1-3H3,(H,17,18)(H,19,20)/t12-/m0/s1. The van der Waals surface area contributed by atoms with Crippen LogP contribution in [-0.2, 0) is 9.59 Å². The maximum atomic E-state index is 12.0. The molecule has 116 valence electrons. The minimum atomic E-state index is -1.08. The van der Waals surface area contributed by atoms with E-state index in [9.17, 15) is 9.59 Å². The first kappa shape index (κ1) is 17.8. The van der Waals surface area contributed by atoms with Crippen molar-refractivity contribution >= 4 is 40.9 Å². The van der Waals surface area contributed by atoms with Crippen molar-refractivity contribution in [3.8, 4) is 0 Å². The van der Waals surface area contributed by atoms with Gasteiger partial charge in [-0.1, -0.05) is 17.7 Å². The van der Waals surface area contributed by atoms with Gasteiger partial charge in [-0.15, -0.1) is 11.8 Å². The summed E-state index contributed by atoms with van der Waals surface area (Å²) in [6, 6.07) is 4.22. The third kappa shape index (κ3) is 4.91. The van der Waals surface area contributed by atoms with Crippen molar-refractivity contribution in [3.05, 3.63) is 28.8 Å². The van der Waals surface area contributed by atoms with Crippen molar-refractivity contribution in [1.29, 1.82) is 0 Å². The molecule has 1 rings (SSSR count). The molecule has 0 aliphatic rings. The van der Waals surface area contributed by atoms with Gasteiger partial charge in [0.25, 0.3) is 0 Å². The quantitative estimate of drug-likeness (QED) is 0.745. The number of aliphatic carboxylic acids is 1. The zero-order valence-corrected chi connectivity index (χ0v) is 13.7. The molecule has 0 aliphatic carbocycles. The van der Waals surface area contributed by atoms with Gasteiger partial charge in [-0.2, -0.15) is 0 Å². The Kier molecular flexibility index (Phi) is 6.07. The molecule has 0 bridgehead atoms. The fraction of sp³-hybridized carbons (Fsp3) is 0.429. The number of rotatable bonds is 6. The van der Waals surface area contributed by atoms with Crippen molar-refractivity contribution in [3.63, 3.8) is 0 Å². The molecular weight excluding hydrogens is 312 g/mol. The lowest BCUT2D eigenvalue weighted by Crippen LogP contribution is -2.47. The molecule has 1 amide bonds. The number of halogens is 1. The van der Waals surface area contributed by atoms with Crippen LogP contribution in [0.4, 0.5) is 5.69 Å². The Morgan fingerprint density at radius 2 is 2.10 bits per heavy atom. The highest BCUT2D eigenvalue weighted by molar-refractivity contribution is 8.01. The topological polar surface area (TPSA) is 92.4 Å². The van der Waals surface area contributed by atoms with E-state index in [0.29, 0.717) is 10.7 Å². The molecule has 0 fully saturated rings. The number of hydrogen-bond donors (Lipinski definition) is 3. The summed E-state index contributed by atoms with van der Waals surface area (Å²) in [7, 11) is 0. The van der Waals surface area contributed by atoms with E-state index in [2.05, 4.69) is 5.32 Å². The van der Waals surface area contributed by atoms with Crippen LogP contribution in [0, 0.1) is 6.92 Å². The lowest BCUT2D eigenvalue weighted by Gasteiger charge is -2.27. The third-order valence-electron chi connectivity index (χ3n) is 3.13. The molecule has 21 heavy (non-hydrogen) atoms. The Labute approximate surface area is 133 Å². The summed E-state index contributed by atoms with van der Waals surface area (Å²) in [5, 5.41) is 12.3. The van der Waals surface area contributed by atoms with E-state index in [4.69, 9.17) is 22.4 Å². The third-order valence-corrected chi connectivity index (χ3v) is 4.95. The van der Waals surface area contributed by atoms with Crippen molar-refractivity contribution in [2.45, 2.75) is 31.6 Å². The fourth-order valence-electron chi connectivity index (χ4n) is 1.57. The number of thioether (sulfide) groups is 1. The number of hydrogen-bond acceptors (Lipinski definition) is 4. The van der Waals surface area contributed by atoms with E-state index in [1.54, 1.807) is 32.0 Å². The van der Waals surface area contributed by atoms with Gasteiger partial charge in [0.05, 0.1) is 5.75 Å². The monoisotopic (exact) mass is 330 g/mol. The van der Waals surface area contributed by atoms with E-state index in [1.165, 1.54) is 11.8 Å². The molecule has 0 aromatic heterocycles.